The molecule has 1 amide bonds. The van der Waals surface area contributed by atoms with Gasteiger partial charge in [-0.1, -0.05) is 29.8 Å². The van der Waals surface area contributed by atoms with E-state index in [4.69, 9.17) is 0 Å². The smallest absolute Gasteiger partial charge is 0.226 e. The molecule has 2 rings (SSSR count). The molecule has 2 N–H and O–H groups in total. The van der Waals surface area contributed by atoms with Gasteiger partial charge < -0.3 is 5.32 Å². The minimum atomic E-state index is -3.53. The van der Waals surface area contributed by atoms with Crippen LogP contribution in [-0.2, 0) is 14.8 Å². The molecular formula is C17H19FN2O3S. The van der Waals surface area contributed by atoms with Crippen molar-refractivity contribution in [2.45, 2.75) is 19.4 Å². The Morgan fingerprint density at radius 3 is 2.21 bits per heavy atom. The van der Waals surface area contributed by atoms with Gasteiger partial charge in [0, 0.05) is 12.1 Å². The van der Waals surface area contributed by atoms with Gasteiger partial charge in [0.1, 0.15) is 5.82 Å². The van der Waals surface area contributed by atoms with Crippen molar-refractivity contribution in [2.75, 3.05) is 11.6 Å². The summed E-state index contributed by atoms with van der Waals surface area (Å²) in [5.41, 5.74) is 2.21. The fourth-order valence-electron chi connectivity index (χ4n) is 2.22. The molecule has 0 aliphatic rings. The summed E-state index contributed by atoms with van der Waals surface area (Å²) >= 11 is 0. The molecule has 0 aromatic heterocycles. The molecule has 1 atom stereocenters. The van der Waals surface area contributed by atoms with E-state index in [0.717, 1.165) is 11.8 Å². The van der Waals surface area contributed by atoms with Crippen LogP contribution in [-0.4, -0.2) is 20.6 Å². The second kappa shape index (κ2) is 7.55. The lowest BCUT2D eigenvalue weighted by atomic mass is 10.0. The number of carbonyl (C=O) groups is 1. The van der Waals surface area contributed by atoms with Crippen molar-refractivity contribution in [2.24, 2.45) is 0 Å². The van der Waals surface area contributed by atoms with Gasteiger partial charge in [-0.15, -0.1) is 0 Å². The average Bonchev–Trinajstić information content (AvgIpc) is 2.48. The van der Waals surface area contributed by atoms with Crippen molar-refractivity contribution in [1.82, 2.24) is 4.72 Å². The van der Waals surface area contributed by atoms with Gasteiger partial charge in [-0.2, -0.15) is 0 Å². The first-order valence-electron chi connectivity index (χ1n) is 7.32. The Labute approximate surface area is 141 Å². The third-order valence-corrected chi connectivity index (χ3v) is 4.07. The zero-order valence-electron chi connectivity index (χ0n) is 13.4. The summed E-state index contributed by atoms with van der Waals surface area (Å²) in [6, 6.07) is 11.9. The molecule has 7 heteroatoms. The van der Waals surface area contributed by atoms with Crippen molar-refractivity contribution in [3.05, 3.63) is 65.5 Å². The van der Waals surface area contributed by atoms with Gasteiger partial charge in [-0.3, -0.25) is 4.79 Å². The first-order valence-corrected chi connectivity index (χ1v) is 9.21. The predicted molar refractivity (Wildman–Crippen MR) is 91.5 cm³/mol. The Hall–Kier alpha value is -2.25. The van der Waals surface area contributed by atoms with Crippen molar-refractivity contribution < 1.29 is 17.6 Å². The van der Waals surface area contributed by atoms with E-state index in [-0.39, 0.29) is 12.3 Å². The monoisotopic (exact) mass is 350 g/mol. The maximum atomic E-state index is 13.1. The highest BCUT2D eigenvalue weighted by atomic mass is 32.2. The van der Waals surface area contributed by atoms with Crippen LogP contribution in [0.15, 0.2) is 48.5 Å². The molecule has 0 bridgehead atoms. The van der Waals surface area contributed by atoms with Crippen molar-refractivity contribution in [1.29, 1.82) is 0 Å². The minimum Gasteiger partial charge on any atom is -0.326 e. The molecule has 0 aliphatic heterocycles. The summed E-state index contributed by atoms with van der Waals surface area (Å²) in [6.07, 6.45) is 0.911. The quantitative estimate of drug-likeness (QED) is 0.841. The molecule has 0 spiro atoms. The van der Waals surface area contributed by atoms with Gasteiger partial charge >= 0.3 is 0 Å². The second-order valence-electron chi connectivity index (χ2n) is 5.61. The Morgan fingerprint density at radius 1 is 1.08 bits per heavy atom. The van der Waals surface area contributed by atoms with Gasteiger partial charge in [0.05, 0.1) is 12.3 Å². The number of hydrogen-bond acceptors (Lipinski definition) is 3. The molecule has 0 fully saturated rings. The van der Waals surface area contributed by atoms with Crippen LogP contribution < -0.4 is 10.0 Å². The molecule has 2 aromatic carbocycles. The maximum Gasteiger partial charge on any atom is 0.226 e. The largest absolute Gasteiger partial charge is 0.326 e. The number of anilines is 1. The van der Waals surface area contributed by atoms with E-state index in [1.165, 1.54) is 24.3 Å². The molecule has 0 saturated heterocycles. The highest BCUT2D eigenvalue weighted by Crippen LogP contribution is 2.19. The molecule has 24 heavy (non-hydrogen) atoms. The number of carbonyl (C=O) groups excluding carboxylic acids is 1. The van der Waals surface area contributed by atoms with E-state index in [9.17, 15) is 17.6 Å². The standard InChI is InChI=1S/C17H19FN2O3S/c1-12-3-9-15(10-4-12)19-17(21)11-16(20-24(2,22)23)13-5-7-14(18)8-6-13/h3-10,16,20H,11H2,1-2H3,(H,19,21)/t16-/m0/s1. The lowest BCUT2D eigenvalue weighted by molar-refractivity contribution is -0.116. The van der Waals surface area contributed by atoms with Crippen molar-refractivity contribution in [3.63, 3.8) is 0 Å². The fourth-order valence-corrected chi connectivity index (χ4v) is 2.95. The van der Waals surface area contributed by atoms with Crippen LogP contribution in [0.3, 0.4) is 0 Å². The van der Waals surface area contributed by atoms with E-state index in [0.29, 0.717) is 11.3 Å². The Kier molecular flexibility index (Phi) is 5.69. The minimum absolute atomic E-state index is 0.105. The lowest BCUT2D eigenvalue weighted by Crippen LogP contribution is -2.30. The number of halogens is 1. The van der Waals surface area contributed by atoms with E-state index in [1.54, 1.807) is 12.1 Å². The second-order valence-corrected chi connectivity index (χ2v) is 7.39. The summed E-state index contributed by atoms with van der Waals surface area (Å²) in [4.78, 5) is 12.2. The van der Waals surface area contributed by atoms with Gasteiger partial charge in [0.2, 0.25) is 15.9 Å². The number of benzene rings is 2. The number of sulfonamides is 1. The topological polar surface area (TPSA) is 75.3 Å². The van der Waals surface area contributed by atoms with Crippen molar-refractivity contribution in [3.8, 4) is 0 Å². The van der Waals surface area contributed by atoms with E-state index < -0.39 is 21.9 Å². The summed E-state index contributed by atoms with van der Waals surface area (Å²) in [7, 11) is -3.53. The number of hydrogen-bond donors (Lipinski definition) is 2. The molecule has 0 radical (unpaired) electrons. The van der Waals surface area contributed by atoms with Crippen LogP contribution in [0.2, 0.25) is 0 Å². The molecule has 2 aromatic rings. The van der Waals surface area contributed by atoms with E-state index in [1.807, 2.05) is 19.1 Å². The van der Waals surface area contributed by atoms with Crippen LogP contribution >= 0.6 is 0 Å². The van der Waals surface area contributed by atoms with Gasteiger partial charge in [0.15, 0.2) is 0 Å². The summed E-state index contributed by atoms with van der Waals surface area (Å²) in [6.45, 7) is 1.94. The van der Waals surface area contributed by atoms with Crippen LogP contribution in [0, 0.1) is 12.7 Å². The van der Waals surface area contributed by atoms with Crippen LogP contribution in [0.5, 0.6) is 0 Å². The molecule has 0 heterocycles. The summed E-state index contributed by atoms with van der Waals surface area (Å²) in [5, 5.41) is 2.72. The Bertz CT molecular complexity index is 803. The predicted octanol–water partition coefficient (Wildman–Crippen LogP) is 2.75. The molecule has 5 nitrogen and oxygen atoms in total. The molecular weight excluding hydrogens is 331 g/mol. The summed E-state index contributed by atoms with van der Waals surface area (Å²) in [5.74, 6) is -0.773. The zero-order chi connectivity index (χ0) is 17.7. The fraction of sp³-hybridized carbons (Fsp3) is 0.235. The number of rotatable bonds is 6. The molecule has 0 saturated carbocycles. The normalized spacial score (nSPS) is 12.6. The third-order valence-electron chi connectivity index (χ3n) is 3.35. The molecule has 128 valence electrons. The molecule has 0 aliphatic carbocycles. The SMILES string of the molecule is Cc1ccc(NC(=O)C[C@H](NS(C)(=O)=O)c2ccc(F)cc2)cc1. The summed E-state index contributed by atoms with van der Waals surface area (Å²) < 4.78 is 38.5. The van der Waals surface area contributed by atoms with E-state index >= 15 is 0 Å². The van der Waals surface area contributed by atoms with Gasteiger partial charge in [0.25, 0.3) is 0 Å². The van der Waals surface area contributed by atoms with Crippen LogP contribution in [0.25, 0.3) is 0 Å². The zero-order valence-corrected chi connectivity index (χ0v) is 14.2. The van der Waals surface area contributed by atoms with Crippen LogP contribution in [0.1, 0.15) is 23.6 Å². The highest BCUT2D eigenvalue weighted by molar-refractivity contribution is 7.88. The molecule has 0 unspecified atom stereocenters. The number of nitrogens with one attached hydrogen (secondary N) is 2. The van der Waals surface area contributed by atoms with Gasteiger partial charge in [-0.05, 0) is 36.8 Å². The lowest BCUT2D eigenvalue weighted by Gasteiger charge is -2.18. The number of amides is 1. The average molecular weight is 350 g/mol. The highest BCUT2D eigenvalue weighted by Gasteiger charge is 2.20. The van der Waals surface area contributed by atoms with Crippen molar-refractivity contribution >= 4 is 21.6 Å². The first-order chi connectivity index (χ1) is 11.2. The first kappa shape index (κ1) is 18.1. The maximum absolute atomic E-state index is 13.1. The Balaban J connectivity index is 2.13. The van der Waals surface area contributed by atoms with E-state index in [2.05, 4.69) is 10.0 Å². The Morgan fingerprint density at radius 2 is 1.67 bits per heavy atom. The third kappa shape index (κ3) is 5.75. The van der Waals surface area contributed by atoms with Crippen LogP contribution in [0.4, 0.5) is 10.1 Å². The number of aryl methyl sites for hydroxylation is 1. The van der Waals surface area contributed by atoms with Gasteiger partial charge in [-0.25, -0.2) is 17.5 Å².